The maximum Gasteiger partial charge on any atom is 0.251 e. The van der Waals surface area contributed by atoms with Crippen LogP contribution in [-0.4, -0.2) is 55.5 Å². The van der Waals surface area contributed by atoms with E-state index in [0.717, 1.165) is 5.56 Å². The van der Waals surface area contributed by atoms with Gasteiger partial charge in [0.2, 0.25) is 5.88 Å². The lowest BCUT2D eigenvalue weighted by atomic mass is 10.2. The monoisotopic (exact) mass is 359 g/mol. The molecule has 2 rings (SSSR count). The summed E-state index contributed by atoms with van der Waals surface area (Å²) in [6, 6.07) is 10.6. The van der Waals surface area contributed by atoms with Crippen molar-refractivity contribution in [2.45, 2.75) is 13.0 Å². The van der Waals surface area contributed by atoms with Crippen molar-refractivity contribution in [3.8, 4) is 11.6 Å². The molecule has 2 aromatic rings. The number of aromatic nitrogens is 1. The van der Waals surface area contributed by atoms with Crippen molar-refractivity contribution in [2.75, 3.05) is 33.4 Å². The van der Waals surface area contributed by atoms with Crippen LogP contribution in [0.2, 0.25) is 0 Å². The lowest BCUT2D eigenvalue weighted by molar-refractivity contribution is 0.0961. The Morgan fingerprint density at radius 2 is 2.00 bits per heavy atom. The van der Waals surface area contributed by atoms with Crippen LogP contribution in [0.4, 0.5) is 0 Å². The Morgan fingerprint density at radius 1 is 1.23 bits per heavy atom. The van der Waals surface area contributed by atoms with E-state index >= 15 is 0 Å². The molecule has 3 N–H and O–H groups in total. The lowest BCUT2D eigenvalue weighted by Crippen LogP contribution is -2.33. The van der Waals surface area contributed by atoms with E-state index in [-0.39, 0.29) is 12.5 Å². The number of aliphatic hydroxyl groups excluding tert-OH is 1. The van der Waals surface area contributed by atoms with Gasteiger partial charge in [-0.1, -0.05) is 6.07 Å². The van der Waals surface area contributed by atoms with Crippen molar-refractivity contribution in [3.05, 3.63) is 53.7 Å². The molecule has 1 amide bonds. The van der Waals surface area contributed by atoms with Crippen LogP contribution in [0.3, 0.4) is 0 Å². The molecule has 7 heteroatoms. The van der Waals surface area contributed by atoms with Gasteiger partial charge in [-0.25, -0.2) is 4.98 Å². The molecule has 0 aliphatic rings. The molecule has 0 aliphatic carbocycles. The van der Waals surface area contributed by atoms with Crippen LogP contribution in [0, 0.1) is 6.92 Å². The first-order valence-corrected chi connectivity index (χ1v) is 8.48. The van der Waals surface area contributed by atoms with Crippen molar-refractivity contribution in [1.29, 1.82) is 0 Å². The second-order valence-electron chi connectivity index (χ2n) is 5.75. The van der Waals surface area contributed by atoms with Crippen LogP contribution in [0.15, 0.2) is 42.6 Å². The molecule has 0 saturated carbocycles. The number of nitrogens with one attached hydrogen (secondary N) is 2. The van der Waals surface area contributed by atoms with E-state index < -0.39 is 6.10 Å². The van der Waals surface area contributed by atoms with E-state index in [1.807, 2.05) is 19.1 Å². The van der Waals surface area contributed by atoms with Crippen molar-refractivity contribution in [2.24, 2.45) is 0 Å². The highest BCUT2D eigenvalue weighted by Gasteiger charge is 2.07. The van der Waals surface area contributed by atoms with Gasteiger partial charge in [0.05, 0.1) is 0 Å². The molecular weight excluding hydrogens is 334 g/mol. The highest BCUT2D eigenvalue weighted by Crippen LogP contribution is 2.13. The minimum atomic E-state index is -0.648. The number of benzene rings is 1. The number of hydrogen-bond acceptors (Lipinski definition) is 6. The van der Waals surface area contributed by atoms with Gasteiger partial charge in [0.25, 0.3) is 5.91 Å². The Labute approximate surface area is 153 Å². The number of pyridine rings is 1. The molecule has 1 unspecified atom stereocenters. The molecule has 1 aromatic carbocycles. The Kier molecular flexibility index (Phi) is 7.85. The van der Waals surface area contributed by atoms with Crippen LogP contribution in [0.1, 0.15) is 15.9 Å². The Morgan fingerprint density at radius 3 is 2.69 bits per heavy atom. The van der Waals surface area contributed by atoms with Crippen molar-refractivity contribution >= 4 is 5.91 Å². The van der Waals surface area contributed by atoms with Gasteiger partial charge in [-0.05, 0) is 37.3 Å². The zero-order valence-corrected chi connectivity index (χ0v) is 15.1. The molecule has 1 heterocycles. The van der Waals surface area contributed by atoms with Crippen LogP contribution in [0.25, 0.3) is 0 Å². The van der Waals surface area contributed by atoms with Gasteiger partial charge in [-0.3, -0.25) is 4.79 Å². The maximum absolute atomic E-state index is 11.5. The van der Waals surface area contributed by atoms with E-state index in [2.05, 4.69) is 15.6 Å². The normalized spacial score (nSPS) is 11.7. The number of hydrogen-bond donors (Lipinski definition) is 3. The first kappa shape index (κ1) is 19.7. The third kappa shape index (κ3) is 6.34. The highest BCUT2D eigenvalue weighted by atomic mass is 16.5. The predicted molar refractivity (Wildman–Crippen MR) is 98.7 cm³/mol. The van der Waals surface area contributed by atoms with Gasteiger partial charge in [0, 0.05) is 37.5 Å². The minimum Gasteiger partial charge on any atom is -0.491 e. The smallest absolute Gasteiger partial charge is 0.251 e. The lowest BCUT2D eigenvalue weighted by Gasteiger charge is -2.14. The Bertz CT molecular complexity index is 691. The predicted octanol–water partition coefficient (Wildman–Crippen LogP) is 1.16. The van der Waals surface area contributed by atoms with Crippen LogP contribution >= 0.6 is 0 Å². The van der Waals surface area contributed by atoms with Crippen molar-refractivity contribution < 1.29 is 19.4 Å². The Balaban J connectivity index is 1.61. The average molecular weight is 359 g/mol. The summed E-state index contributed by atoms with van der Waals surface area (Å²) in [5, 5.41) is 15.6. The summed E-state index contributed by atoms with van der Waals surface area (Å²) >= 11 is 0. The van der Waals surface area contributed by atoms with Gasteiger partial charge < -0.3 is 25.2 Å². The molecule has 26 heavy (non-hydrogen) atoms. The van der Waals surface area contributed by atoms with Crippen LogP contribution < -0.4 is 20.1 Å². The zero-order valence-electron chi connectivity index (χ0n) is 15.1. The first-order chi connectivity index (χ1) is 12.6. The standard InChI is InChI=1S/C19H25N3O4/c1-14-4-3-9-22-19(14)25-11-10-21-12-16(23)13-26-17-7-5-15(6-8-17)18(24)20-2/h3-9,16,21,23H,10-13H2,1-2H3,(H,20,24). The average Bonchev–Trinajstić information content (AvgIpc) is 2.67. The largest absolute Gasteiger partial charge is 0.491 e. The van der Waals surface area contributed by atoms with Gasteiger partial charge in [-0.15, -0.1) is 0 Å². The zero-order chi connectivity index (χ0) is 18.8. The van der Waals surface area contributed by atoms with Gasteiger partial charge in [0.1, 0.15) is 25.1 Å². The van der Waals surface area contributed by atoms with E-state index in [9.17, 15) is 9.90 Å². The number of carbonyl (C=O) groups excluding carboxylic acids is 1. The first-order valence-electron chi connectivity index (χ1n) is 8.48. The summed E-state index contributed by atoms with van der Waals surface area (Å²) in [4.78, 5) is 15.6. The van der Waals surface area contributed by atoms with Crippen LogP contribution in [0.5, 0.6) is 11.6 Å². The van der Waals surface area contributed by atoms with Crippen molar-refractivity contribution in [1.82, 2.24) is 15.6 Å². The third-order valence-corrected chi connectivity index (χ3v) is 3.64. The number of nitrogens with zero attached hydrogens (tertiary/aromatic N) is 1. The molecule has 0 spiro atoms. The van der Waals surface area contributed by atoms with E-state index in [1.54, 1.807) is 37.5 Å². The van der Waals surface area contributed by atoms with E-state index in [1.165, 1.54) is 0 Å². The minimum absolute atomic E-state index is 0.149. The molecule has 0 bridgehead atoms. The highest BCUT2D eigenvalue weighted by molar-refractivity contribution is 5.94. The molecular formula is C19H25N3O4. The second kappa shape index (κ2) is 10.4. The SMILES string of the molecule is CNC(=O)c1ccc(OCC(O)CNCCOc2ncccc2C)cc1. The topological polar surface area (TPSA) is 92.7 Å². The molecule has 1 atom stereocenters. The number of aryl methyl sites for hydroxylation is 1. The number of aliphatic hydroxyl groups is 1. The number of amides is 1. The number of rotatable bonds is 10. The number of carbonyl (C=O) groups is 1. The summed E-state index contributed by atoms with van der Waals surface area (Å²) in [5.41, 5.74) is 1.55. The van der Waals surface area contributed by atoms with E-state index in [4.69, 9.17) is 9.47 Å². The molecule has 0 saturated heterocycles. The fourth-order valence-corrected chi connectivity index (χ4v) is 2.21. The van der Waals surface area contributed by atoms with Gasteiger partial charge in [-0.2, -0.15) is 0 Å². The fourth-order valence-electron chi connectivity index (χ4n) is 2.21. The number of ether oxygens (including phenoxy) is 2. The van der Waals surface area contributed by atoms with E-state index in [0.29, 0.717) is 36.9 Å². The fraction of sp³-hybridized carbons (Fsp3) is 0.368. The van der Waals surface area contributed by atoms with Crippen molar-refractivity contribution in [3.63, 3.8) is 0 Å². The molecule has 0 radical (unpaired) electrons. The molecule has 7 nitrogen and oxygen atoms in total. The molecule has 1 aromatic heterocycles. The second-order valence-corrected chi connectivity index (χ2v) is 5.75. The summed E-state index contributed by atoms with van der Waals surface area (Å²) in [7, 11) is 1.58. The summed E-state index contributed by atoms with van der Waals surface area (Å²) in [6.45, 7) is 3.55. The third-order valence-electron chi connectivity index (χ3n) is 3.64. The molecule has 0 fully saturated rings. The Hall–Kier alpha value is -2.64. The summed E-state index contributed by atoms with van der Waals surface area (Å²) in [5.74, 6) is 1.08. The van der Waals surface area contributed by atoms with Gasteiger partial charge >= 0.3 is 0 Å². The summed E-state index contributed by atoms with van der Waals surface area (Å²) < 4.78 is 11.1. The molecule has 0 aliphatic heterocycles. The summed E-state index contributed by atoms with van der Waals surface area (Å²) in [6.07, 6.45) is 1.04. The molecule has 140 valence electrons. The maximum atomic E-state index is 11.5. The quantitative estimate of drug-likeness (QED) is 0.551. The van der Waals surface area contributed by atoms with Crippen LogP contribution in [-0.2, 0) is 0 Å². The van der Waals surface area contributed by atoms with Gasteiger partial charge in [0.15, 0.2) is 0 Å².